The number of halogens is 1. The molecule has 0 saturated heterocycles. The van der Waals surface area contributed by atoms with Crippen molar-refractivity contribution in [1.29, 1.82) is 0 Å². The molecule has 0 aliphatic rings. The highest BCUT2D eigenvalue weighted by Gasteiger charge is 2.13. The predicted octanol–water partition coefficient (Wildman–Crippen LogP) is 3.67. The lowest BCUT2D eigenvalue weighted by Gasteiger charge is -2.02. The smallest absolute Gasteiger partial charge is 0.237 e. The number of benzene rings is 2. The van der Waals surface area contributed by atoms with Crippen LogP contribution in [0, 0.1) is 0 Å². The Balaban J connectivity index is 1.48. The minimum Gasteiger partial charge on any atom is -0.497 e. The molecule has 0 fully saturated rings. The van der Waals surface area contributed by atoms with Crippen LogP contribution in [-0.4, -0.2) is 37.5 Å². The summed E-state index contributed by atoms with van der Waals surface area (Å²) in [6.07, 6.45) is 0. The molecule has 136 valence electrons. The van der Waals surface area contributed by atoms with Gasteiger partial charge in [-0.05, 0) is 46.8 Å². The molecule has 0 N–H and O–H groups in total. The molecule has 0 saturated carbocycles. The largest absolute Gasteiger partial charge is 0.497 e. The van der Waals surface area contributed by atoms with Crippen LogP contribution < -0.4 is 4.74 Å². The normalized spacial score (nSPS) is 10.9. The topological polar surface area (TPSA) is 91.8 Å². The third-order valence-corrected chi connectivity index (χ3v) is 4.79. The Labute approximate surface area is 163 Å². The highest BCUT2D eigenvalue weighted by molar-refractivity contribution is 7.98. The van der Waals surface area contributed by atoms with E-state index in [1.807, 2.05) is 36.4 Å². The fourth-order valence-electron chi connectivity index (χ4n) is 2.33. The van der Waals surface area contributed by atoms with Crippen LogP contribution in [0.2, 0.25) is 5.02 Å². The van der Waals surface area contributed by atoms with Crippen LogP contribution in [0.3, 0.4) is 0 Å². The molecular formula is C17H13ClN6O2S. The summed E-state index contributed by atoms with van der Waals surface area (Å²) in [5.41, 5.74) is 1.63. The van der Waals surface area contributed by atoms with Gasteiger partial charge in [0, 0.05) is 10.6 Å². The standard InChI is InChI=1S/C17H13ClN6O2S/c1-25-14-4-2-3-11(9-14)16-19-15(26-21-16)10-27-17-20-22-23-24(17)13-7-5-12(18)6-8-13/h2-9H,10H2,1H3. The van der Waals surface area contributed by atoms with Gasteiger partial charge in [-0.3, -0.25) is 0 Å². The summed E-state index contributed by atoms with van der Waals surface area (Å²) in [5.74, 6) is 2.14. The molecule has 27 heavy (non-hydrogen) atoms. The summed E-state index contributed by atoms with van der Waals surface area (Å²) in [6.45, 7) is 0. The van der Waals surface area contributed by atoms with E-state index in [4.69, 9.17) is 20.9 Å². The van der Waals surface area contributed by atoms with E-state index in [0.717, 1.165) is 17.0 Å². The Morgan fingerprint density at radius 1 is 1.19 bits per heavy atom. The second kappa shape index (κ2) is 7.77. The van der Waals surface area contributed by atoms with Crippen molar-refractivity contribution in [3.63, 3.8) is 0 Å². The van der Waals surface area contributed by atoms with E-state index >= 15 is 0 Å². The van der Waals surface area contributed by atoms with Gasteiger partial charge in [0.15, 0.2) is 0 Å². The SMILES string of the molecule is COc1cccc(-c2noc(CSc3nnnn3-c3ccc(Cl)cc3)n2)c1. The molecule has 0 unspecified atom stereocenters. The number of tetrazole rings is 1. The summed E-state index contributed by atoms with van der Waals surface area (Å²) in [5, 5.41) is 17.1. The van der Waals surface area contributed by atoms with Crippen LogP contribution in [-0.2, 0) is 5.75 Å². The first kappa shape index (κ1) is 17.5. The third kappa shape index (κ3) is 3.93. The molecule has 0 radical (unpaired) electrons. The maximum Gasteiger partial charge on any atom is 0.237 e. The molecule has 4 aromatic rings. The van der Waals surface area contributed by atoms with Crippen LogP contribution in [0.25, 0.3) is 17.1 Å². The number of ether oxygens (including phenoxy) is 1. The van der Waals surface area contributed by atoms with E-state index in [2.05, 4.69) is 25.7 Å². The van der Waals surface area contributed by atoms with Gasteiger partial charge in [-0.25, -0.2) is 0 Å². The number of nitrogens with zero attached hydrogens (tertiary/aromatic N) is 6. The molecule has 0 aliphatic carbocycles. The summed E-state index contributed by atoms with van der Waals surface area (Å²) in [4.78, 5) is 4.42. The summed E-state index contributed by atoms with van der Waals surface area (Å²) < 4.78 is 12.2. The van der Waals surface area contributed by atoms with Crippen molar-refractivity contribution >= 4 is 23.4 Å². The van der Waals surface area contributed by atoms with Crippen molar-refractivity contribution < 1.29 is 9.26 Å². The van der Waals surface area contributed by atoms with Crippen molar-refractivity contribution in [2.75, 3.05) is 7.11 Å². The number of hydrogen-bond acceptors (Lipinski definition) is 8. The third-order valence-electron chi connectivity index (χ3n) is 3.63. The first-order chi connectivity index (χ1) is 13.2. The van der Waals surface area contributed by atoms with Gasteiger partial charge >= 0.3 is 0 Å². The molecule has 0 spiro atoms. The van der Waals surface area contributed by atoms with Crippen molar-refractivity contribution in [3.05, 3.63) is 59.4 Å². The fourth-order valence-corrected chi connectivity index (χ4v) is 3.19. The highest BCUT2D eigenvalue weighted by Crippen LogP contribution is 2.25. The van der Waals surface area contributed by atoms with E-state index in [9.17, 15) is 0 Å². The molecule has 2 aromatic heterocycles. The lowest BCUT2D eigenvalue weighted by Crippen LogP contribution is -1.98. The van der Waals surface area contributed by atoms with Crippen LogP contribution >= 0.6 is 23.4 Å². The second-order valence-electron chi connectivity index (χ2n) is 5.38. The molecule has 2 aromatic carbocycles. The molecule has 8 nitrogen and oxygen atoms in total. The lowest BCUT2D eigenvalue weighted by molar-refractivity contribution is 0.391. The second-order valence-corrected chi connectivity index (χ2v) is 6.76. The van der Waals surface area contributed by atoms with Gasteiger partial charge in [-0.15, -0.1) is 5.10 Å². The summed E-state index contributed by atoms with van der Waals surface area (Å²) in [7, 11) is 1.61. The first-order valence-corrected chi connectivity index (χ1v) is 9.23. The number of aromatic nitrogens is 6. The van der Waals surface area contributed by atoms with Crippen molar-refractivity contribution in [2.45, 2.75) is 10.9 Å². The predicted molar refractivity (Wildman–Crippen MR) is 100 cm³/mol. The zero-order valence-electron chi connectivity index (χ0n) is 14.1. The summed E-state index contributed by atoms with van der Waals surface area (Å²) in [6, 6.07) is 14.7. The molecule has 0 aliphatic heterocycles. The highest BCUT2D eigenvalue weighted by atomic mass is 35.5. The monoisotopic (exact) mass is 400 g/mol. The van der Waals surface area contributed by atoms with E-state index in [1.165, 1.54) is 11.8 Å². The number of rotatable bonds is 6. The number of thioether (sulfide) groups is 1. The van der Waals surface area contributed by atoms with Gasteiger partial charge in [0.2, 0.25) is 16.9 Å². The van der Waals surface area contributed by atoms with Gasteiger partial charge in [0.25, 0.3) is 0 Å². The minimum absolute atomic E-state index is 0.435. The van der Waals surface area contributed by atoms with Gasteiger partial charge in [-0.1, -0.05) is 40.7 Å². The average Bonchev–Trinajstić information content (AvgIpc) is 3.36. The summed E-state index contributed by atoms with van der Waals surface area (Å²) >= 11 is 7.32. The van der Waals surface area contributed by atoms with Gasteiger partial charge in [0.05, 0.1) is 18.6 Å². The molecule has 0 atom stereocenters. The van der Waals surface area contributed by atoms with Gasteiger partial charge in [0.1, 0.15) is 5.75 Å². The van der Waals surface area contributed by atoms with Crippen LogP contribution in [0.1, 0.15) is 5.89 Å². The fraction of sp³-hybridized carbons (Fsp3) is 0.118. The van der Waals surface area contributed by atoms with E-state index in [-0.39, 0.29) is 0 Å². The first-order valence-electron chi connectivity index (χ1n) is 7.87. The number of hydrogen-bond donors (Lipinski definition) is 0. The Bertz CT molecular complexity index is 1050. The van der Waals surface area contributed by atoms with E-state index < -0.39 is 0 Å². The molecular weight excluding hydrogens is 388 g/mol. The lowest BCUT2D eigenvalue weighted by atomic mass is 10.2. The maximum absolute atomic E-state index is 5.92. The van der Waals surface area contributed by atoms with Crippen LogP contribution in [0.5, 0.6) is 5.75 Å². The van der Waals surface area contributed by atoms with Crippen molar-refractivity contribution in [1.82, 2.24) is 30.3 Å². The van der Waals surface area contributed by atoms with Gasteiger partial charge < -0.3 is 9.26 Å². The molecule has 2 heterocycles. The average molecular weight is 401 g/mol. The van der Waals surface area contributed by atoms with Crippen LogP contribution in [0.15, 0.2) is 58.2 Å². The molecule has 0 amide bonds. The molecule has 10 heteroatoms. The molecule has 4 rings (SSSR count). The number of methoxy groups -OCH3 is 1. The van der Waals surface area contributed by atoms with Crippen LogP contribution in [0.4, 0.5) is 0 Å². The maximum atomic E-state index is 5.92. The molecule has 0 bridgehead atoms. The van der Waals surface area contributed by atoms with Crippen molar-refractivity contribution in [3.8, 4) is 22.8 Å². The van der Waals surface area contributed by atoms with E-state index in [1.54, 1.807) is 23.9 Å². The quantitative estimate of drug-likeness (QED) is 0.453. The Hall–Kier alpha value is -2.91. The Kier molecular flexibility index (Phi) is 5.03. The van der Waals surface area contributed by atoms with Crippen molar-refractivity contribution in [2.24, 2.45) is 0 Å². The van der Waals surface area contributed by atoms with Gasteiger partial charge in [-0.2, -0.15) is 9.67 Å². The van der Waals surface area contributed by atoms with E-state index in [0.29, 0.717) is 27.6 Å². The zero-order valence-corrected chi connectivity index (χ0v) is 15.7. The minimum atomic E-state index is 0.435. The Morgan fingerprint density at radius 3 is 2.85 bits per heavy atom. The zero-order chi connectivity index (χ0) is 18.6. The Morgan fingerprint density at radius 2 is 2.04 bits per heavy atom.